The molecule has 1 amide bonds. The molecular formula is C15H13Cl2F2N3O3. The summed E-state index contributed by atoms with van der Waals surface area (Å²) in [7, 11) is 0. The molecule has 1 aromatic carbocycles. The number of carbonyl (C=O) groups excluding carboxylic acids is 1. The molecule has 0 spiro atoms. The van der Waals surface area contributed by atoms with Gasteiger partial charge in [-0.25, -0.2) is 18.3 Å². The average Bonchev–Trinajstić information content (AvgIpc) is 2.91. The summed E-state index contributed by atoms with van der Waals surface area (Å²) < 4.78 is 26.2. The number of nitrogens with one attached hydrogen (secondary N) is 1. The maximum Gasteiger partial charge on any atom is 0.326 e. The fraction of sp³-hybridized carbons (Fsp3) is 0.267. The van der Waals surface area contributed by atoms with Crippen molar-refractivity contribution in [2.75, 3.05) is 0 Å². The van der Waals surface area contributed by atoms with Gasteiger partial charge in [0.2, 0.25) is 6.43 Å². The van der Waals surface area contributed by atoms with E-state index in [4.69, 9.17) is 28.3 Å². The summed E-state index contributed by atoms with van der Waals surface area (Å²) in [6.45, 7) is 1.67. The SMILES string of the molecule is Cc1cc(C(=O)NC(CC(F)F)C(=O)O)nn1-c1ccc(Cl)c(Cl)c1. The Kier molecular flexibility index (Phi) is 5.97. The number of carboxylic acids is 1. The predicted octanol–water partition coefficient (Wildman–Crippen LogP) is 3.33. The molecule has 25 heavy (non-hydrogen) atoms. The fourth-order valence-corrected chi connectivity index (χ4v) is 2.39. The van der Waals surface area contributed by atoms with Crippen LogP contribution in [0.2, 0.25) is 10.0 Å². The first-order chi connectivity index (χ1) is 11.7. The number of aliphatic carboxylic acids is 1. The van der Waals surface area contributed by atoms with Crippen LogP contribution in [0.5, 0.6) is 0 Å². The second-order valence-electron chi connectivity index (χ2n) is 5.17. The van der Waals surface area contributed by atoms with Crippen molar-refractivity contribution < 1.29 is 23.5 Å². The first-order valence-electron chi connectivity index (χ1n) is 7.03. The molecule has 0 aliphatic heterocycles. The number of carboxylic acid groups (broad SMARTS) is 1. The number of halogens is 4. The molecule has 2 aromatic rings. The van der Waals surface area contributed by atoms with Crippen LogP contribution < -0.4 is 5.32 Å². The molecule has 1 atom stereocenters. The van der Waals surface area contributed by atoms with E-state index in [0.29, 0.717) is 21.4 Å². The molecular weight excluding hydrogens is 379 g/mol. The van der Waals surface area contributed by atoms with Crippen LogP contribution in [0.1, 0.15) is 22.6 Å². The Bertz CT molecular complexity index is 811. The molecule has 1 unspecified atom stereocenters. The van der Waals surface area contributed by atoms with Gasteiger partial charge in [-0.15, -0.1) is 0 Å². The van der Waals surface area contributed by atoms with Crippen LogP contribution >= 0.6 is 23.2 Å². The monoisotopic (exact) mass is 391 g/mol. The van der Waals surface area contributed by atoms with Crippen molar-refractivity contribution >= 4 is 35.1 Å². The highest BCUT2D eigenvalue weighted by atomic mass is 35.5. The number of aromatic nitrogens is 2. The van der Waals surface area contributed by atoms with Crippen molar-refractivity contribution in [3.8, 4) is 5.69 Å². The van der Waals surface area contributed by atoms with Gasteiger partial charge < -0.3 is 10.4 Å². The number of hydrogen-bond acceptors (Lipinski definition) is 3. The number of nitrogens with zero attached hydrogens (tertiary/aromatic N) is 2. The third-order valence-corrected chi connectivity index (χ3v) is 4.02. The van der Waals surface area contributed by atoms with Crippen molar-refractivity contribution in [1.82, 2.24) is 15.1 Å². The lowest BCUT2D eigenvalue weighted by atomic mass is 10.2. The number of alkyl halides is 2. The predicted molar refractivity (Wildman–Crippen MR) is 87.8 cm³/mol. The van der Waals surface area contributed by atoms with E-state index in [2.05, 4.69) is 5.10 Å². The number of rotatable bonds is 6. The molecule has 134 valence electrons. The highest BCUT2D eigenvalue weighted by Gasteiger charge is 2.26. The lowest BCUT2D eigenvalue weighted by molar-refractivity contribution is -0.140. The maximum atomic E-state index is 12.4. The molecule has 1 heterocycles. The summed E-state index contributed by atoms with van der Waals surface area (Å²) in [5.41, 5.74) is 0.988. The summed E-state index contributed by atoms with van der Waals surface area (Å²) in [6.07, 6.45) is -3.86. The van der Waals surface area contributed by atoms with Gasteiger partial charge in [0, 0.05) is 12.1 Å². The molecule has 6 nitrogen and oxygen atoms in total. The third-order valence-electron chi connectivity index (χ3n) is 3.29. The molecule has 0 saturated carbocycles. The molecule has 1 aromatic heterocycles. The van der Waals surface area contributed by atoms with Gasteiger partial charge in [0.1, 0.15) is 6.04 Å². The zero-order valence-electron chi connectivity index (χ0n) is 12.8. The lowest BCUT2D eigenvalue weighted by Gasteiger charge is -2.12. The van der Waals surface area contributed by atoms with Crippen LogP contribution in [0.15, 0.2) is 24.3 Å². The number of amides is 1. The summed E-state index contributed by atoms with van der Waals surface area (Å²) in [5, 5.41) is 15.7. The molecule has 2 rings (SSSR count). The van der Waals surface area contributed by atoms with Crippen LogP contribution in [0, 0.1) is 6.92 Å². The quantitative estimate of drug-likeness (QED) is 0.790. The molecule has 0 radical (unpaired) electrons. The molecule has 0 aliphatic carbocycles. The number of hydrogen-bond donors (Lipinski definition) is 2. The van der Waals surface area contributed by atoms with Crippen LogP contribution in [-0.2, 0) is 4.79 Å². The molecule has 0 bridgehead atoms. The zero-order chi connectivity index (χ0) is 18.7. The molecule has 0 saturated heterocycles. The van der Waals surface area contributed by atoms with E-state index in [0.717, 1.165) is 0 Å². The van der Waals surface area contributed by atoms with Gasteiger partial charge in [0.05, 0.1) is 15.7 Å². The van der Waals surface area contributed by atoms with Crippen LogP contribution in [0.4, 0.5) is 8.78 Å². The van der Waals surface area contributed by atoms with E-state index in [1.807, 2.05) is 5.32 Å². The molecule has 0 fully saturated rings. The Balaban J connectivity index is 2.24. The summed E-state index contributed by atoms with van der Waals surface area (Å²) >= 11 is 11.8. The summed E-state index contributed by atoms with van der Waals surface area (Å²) in [6, 6.07) is 4.43. The second kappa shape index (κ2) is 7.79. The van der Waals surface area contributed by atoms with Crippen molar-refractivity contribution in [2.45, 2.75) is 25.8 Å². The Labute approximate surface area is 151 Å². The van der Waals surface area contributed by atoms with Crippen molar-refractivity contribution in [3.63, 3.8) is 0 Å². The van der Waals surface area contributed by atoms with E-state index in [9.17, 15) is 18.4 Å². The Morgan fingerprint density at radius 2 is 1.96 bits per heavy atom. The molecule has 0 aliphatic rings. The highest BCUT2D eigenvalue weighted by Crippen LogP contribution is 2.25. The van der Waals surface area contributed by atoms with E-state index in [1.165, 1.54) is 10.7 Å². The van der Waals surface area contributed by atoms with E-state index in [1.54, 1.807) is 25.1 Å². The van der Waals surface area contributed by atoms with Gasteiger partial charge >= 0.3 is 5.97 Å². The lowest BCUT2D eigenvalue weighted by Crippen LogP contribution is -2.42. The van der Waals surface area contributed by atoms with Crippen molar-refractivity contribution in [2.24, 2.45) is 0 Å². The van der Waals surface area contributed by atoms with Crippen LogP contribution in [0.3, 0.4) is 0 Å². The number of aryl methyl sites for hydroxylation is 1. The first kappa shape index (κ1) is 19.1. The third kappa shape index (κ3) is 4.67. The highest BCUT2D eigenvalue weighted by molar-refractivity contribution is 6.42. The maximum absolute atomic E-state index is 12.4. The number of benzene rings is 1. The van der Waals surface area contributed by atoms with E-state index >= 15 is 0 Å². The fourth-order valence-electron chi connectivity index (χ4n) is 2.10. The van der Waals surface area contributed by atoms with E-state index in [-0.39, 0.29) is 5.69 Å². The van der Waals surface area contributed by atoms with Gasteiger partial charge in [-0.05, 0) is 31.2 Å². The number of carbonyl (C=O) groups is 2. The van der Waals surface area contributed by atoms with Gasteiger partial charge in [-0.2, -0.15) is 5.10 Å². The van der Waals surface area contributed by atoms with Gasteiger partial charge in [-0.1, -0.05) is 23.2 Å². The minimum atomic E-state index is -2.86. The minimum Gasteiger partial charge on any atom is -0.480 e. The van der Waals surface area contributed by atoms with Gasteiger partial charge in [0.25, 0.3) is 5.91 Å². The van der Waals surface area contributed by atoms with Gasteiger partial charge in [-0.3, -0.25) is 4.79 Å². The van der Waals surface area contributed by atoms with Crippen molar-refractivity contribution in [1.29, 1.82) is 0 Å². The Morgan fingerprint density at radius 3 is 2.52 bits per heavy atom. The Hall–Kier alpha value is -2.19. The van der Waals surface area contributed by atoms with Crippen LogP contribution in [0.25, 0.3) is 5.69 Å². The summed E-state index contributed by atoms with van der Waals surface area (Å²) in [4.78, 5) is 23.1. The normalized spacial score (nSPS) is 12.2. The standard InChI is InChI=1S/C15H13Cl2F2N3O3/c1-7-4-11(14(23)20-12(15(24)25)6-13(18)19)21-22(7)8-2-3-9(16)10(17)5-8/h2-5,12-13H,6H2,1H3,(H,20,23)(H,24,25). The minimum absolute atomic E-state index is 0.107. The topological polar surface area (TPSA) is 84.2 Å². The largest absolute Gasteiger partial charge is 0.480 e. The average molecular weight is 392 g/mol. The van der Waals surface area contributed by atoms with Gasteiger partial charge in [0.15, 0.2) is 5.69 Å². The smallest absolute Gasteiger partial charge is 0.326 e. The first-order valence-corrected chi connectivity index (χ1v) is 7.78. The second-order valence-corrected chi connectivity index (χ2v) is 5.99. The van der Waals surface area contributed by atoms with Crippen molar-refractivity contribution in [3.05, 3.63) is 45.7 Å². The zero-order valence-corrected chi connectivity index (χ0v) is 14.4. The molecule has 10 heteroatoms. The van der Waals surface area contributed by atoms with E-state index < -0.39 is 30.8 Å². The summed E-state index contributed by atoms with van der Waals surface area (Å²) in [5.74, 6) is -2.41. The Morgan fingerprint density at radius 1 is 1.28 bits per heavy atom. The van der Waals surface area contributed by atoms with Crippen LogP contribution in [-0.4, -0.2) is 39.2 Å². The molecule has 2 N–H and O–H groups in total.